The van der Waals surface area contributed by atoms with Crippen molar-refractivity contribution in [3.8, 4) is 0 Å². The van der Waals surface area contributed by atoms with E-state index in [1.54, 1.807) is 11.3 Å². The van der Waals surface area contributed by atoms with Crippen molar-refractivity contribution >= 4 is 11.3 Å². The maximum Gasteiger partial charge on any atom is 0.0897 e. The van der Waals surface area contributed by atoms with E-state index in [2.05, 4.69) is 45.0 Å². The summed E-state index contributed by atoms with van der Waals surface area (Å²) in [5, 5.41) is 3.34. The van der Waals surface area contributed by atoms with Gasteiger partial charge >= 0.3 is 0 Å². The summed E-state index contributed by atoms with van der Waals surface area (Å²) in [6, 6.07) is 0. The summed E-state index contributed by atoms with van der Waals surface area (Å²) in [5.74, 6) is 0.544. The predicted molar refractivity (Wildman–Crippen MR) is 54.7 cm³/mol. The summed E-state index contributed by atoms with van der Waals surface area (Å²) in [6.07, 6.45) is 0. The van der Waals surface area contributed by atoms with Gasteiger partial charge in [-0.3, -0.25) is 0 Å². The predicted octanol–water partition coefficient (Wildman–Crippen LogP) is 3.60. The molecule has 68 valence electrons. The van der Waals surface area contributed by atoms with Crippen LogP contribution in [-0.2, 0) is 0 Å². The summed E-state index contributed by atoms with van der Waals surface area (Å²) < 4.78 is 0. The van der Waals surface area contributed by atoms with Crippen LogP contribution in [0.2, 0.25) is 0 Å². The summed E-state index contributed by atoms with van der Waals surface area (Å²) in [5.41, 5.74) is 1.56. The van der Waals surface area contributed by atoms with E-state index in [9.17, 15) is 0 Å². The van der Waals surface area contributed by atoms with E-state index >= 15 is 0 Å². The van der Waals surface area contributed by atoms with Crippen LogP contribution in [0.15, 0.2) is 5.38 Å². The molecule has 1 nitrogen and oxygen atoms in total. The van der Waals surface area contributed by atoms with Gasteiger partial charge in [0, 0.05) is 11.3 Å². The van der Waals surface area contributed by atoms with E-state index in [1.807, 2.05) is 0 Å². The van der Waals surface area contributed by atoms with Gasteiger partial charge in [0.2, 0.25) is 0 Å². The highest BCUT2D eigenvalue weighted by Crippen LogP contribution is 2.34. The Balaban J connectivity index is 2.85. The molecule has 0 amide bonds. The number of rotatable bonds is 1. The van der Waals surface area contributed by atoms with Crippen LogP contribution in [0, 0.1) is 12.3 Å². The third kappa shape index (κ3) is 2.07. The van der Waals surface area contributed by atoms with Gasteiger partial charge in [-0.15, -0.1) is 11.3 Å². The molecule has 0 N–H and O–H groups in total. The zero-order valence-corrected chi connectivity index (χ0v) is 9.33. The van der Waals surface area contributed by atoms with E-state index in [-0.39, 0.29) is 0 Å². The third-order valence-corrected chi connectivity index (χ3v) is 3.17. The molecule has 0 saturated heterocycles. The molecule has 1 aromatic heterocycles. The molecular weight excluding hydrogens is 166 g/mol. The molecule has 0 saturated carbocycles. The second kappa shape index (κ2) is 3.17. The lowest BCUT2D eigenvalue weighted by Crippen LogP contribution is -2.15. The SMILES string of the molecule is Cc1nc(C(C)C(C)(C)C)cs1. The fourth-order valence-corrected chi connectivity index (χ4v) is 1.73. The van der Waals surface area contributed by atoms with Crippen LogP contribution in [0.25, 0.3) is 0 Å². The normalized spacial score (nSPS) is 14.8. The topological polar surface area (TPSA) is 12.9 Å². The average Bonchev–Trinajstić information content (AvgIpc) is 2.32. The monoisotopic (exact) mass is 183 g/mol. The molecule has 2 heteroatoms. The Kier molecular flexibility index (Phi) is 2.57. The zero-order valence-electron chi connectivity index (χ0n) is 8.51. The Morgan fingerprint density at radius 3 is 2.33 bits per heavy atom. The second-order valence-corrected chi connectivity index (χ2v) is 5.44. The van der Waals surface area contributed by atoms with Gasteiger partial charge in [-0.1, -0.05) is 27.7 Å². The van der Waals surface area contributed by atoms with Gasteiger partial charge in [-0.25, -0.2) is 4.98 Å². The molecule has 0 radical (unpaired) electrons. The average molecular weight is 183 g/mol. The maximum atomic E-state index is 4.50. The molecule has 1 aromatic rings. The number of nitrogens with zero attached hydrogens (tertiary/aromatic N) is 1. The van der Waals surface area contributed by atoms with E-state index in [4.69, 9.17) is 0 Å². The molecule has 0 fully saturated rings. The largest absolute Gasteiger partial charge is 0.246 e. The van der Waals surface area contributed by atoms with Crippen LogP contribution in [0.4, 0.5) is 0 Å². The minimum absolute atomic E-state index is 0.320. The van der Waals surface area contributed by atoms with Crippen LogP contribution in [0.1, 0.15) is 44.3 Å². The van der Waals surface area contributed by atoms with Crippen LogP contribution in [0.3, 0.4) is 0 Å². The number of hydrogen-bond donors (Lipinski definition) is 0. The number of thiazole rings is 1. The van der Waals surface area contributed by atoms with E-state index in [0.29, 0.717) is 11.3 Å². The number of hydrogen-bond acceptors (Lipinski definition) is 2. The zero-order chi connectivity index (χ0) is 9.35. The fourth-order valence-electron chi connectivity index (χ4n) is 1.02. The van der Waals surface area contributed by atoms with E-state index < -0.39 is 0 Å². The van der Waals surface area contributed by atoms with Gasteiger partial charge in [0.1, 0.15) is 0 Å². The van der Waals surface area contributed by atoms with Gasteiger partial charge in [0.15, 0.2) is 0 Å². The van der Waals surface area contributed by atoms with Crippen molar-refractivity contribution in [2.75, 3.05) is 0 Å². The van der Waals surface area contributed by atoms with Crippen molar-refractivity contribution in [1.82, 2.24) is 4.98 Å². The lowest BCUT2D eigenvalue weighted by atomic mass is 9.80. The third-order valence-electron chi connectivity index (χ3n) is 2.38. The molecule has 1 rings (SSSR count). The maximum absolute atomic E-state index is 4.50. The Labute approximate surface area is 78.8 Å². The minimum atomic E-state index is 0.320. The van der Waals surface area contributed by atoms with Gasteiger partial charge in [0.05, 0.1) is 10.7 Å². The number of aryl methyl sites for hydroxylation is 1. The van der Waals surface area contributed by atoms with Crippen molar-refractivity contribution in [3.05, 3.63) is 16.1 Å². The molecule has 0 aliphatic heterocycles. The van der Waals surface area contributed by atoms with E-state index in [1.165, 1.54) is 10.7 Å². The minimum Gasteiger partial charge on any atom is -0.246 e. The molecule has 0 aliphatic rings. The van der Waals surface area contributed by atoms with Crippen LogP contribution in [0.5, 0.6) is 0 Å². The highest BCUT2D eigenvalue weighted by atomic mass is 32.1. The Hall–Kier alpha value is -0.370. The highest BCUT2D eigenvalue weighted by Gasteiger charge is 2.23. The quantitative estimate of drug-likeness (QED) is 0.648. The molecular formula is C10H17NS. The van der Waals surface area contributed by atoms with Gasteiger partial charge in [-0.05, 0) is 12.3 Å². The van der Waals surface area contributed by atoms with Crippen molar-refractivity contribution in [3.63, 3.8) is 0 Å². The van der Waals surface area contributed by atoms with Crippen LogP contribution >= 0.6 is 11.3 Å². The standard InChI is InChI=1S/C10H17NS/c1-7(10(3,4)5)9-6-12-8(2)11-9/h6-7H,1-5H3. The summed E-state index contributed by atoms with van der Waals surface area (Å²) >= 11 is 1.74. The summed E-state index contributed by atoms with van der Waals surface area (Å²) in [6.45, 7) is 11.1. The molecule has 0 bridgehead atoms. The second-order valence-electron chi connectivity index (χ2n) is 4.38. The first-order valence-corrected chi connectivity index (χ1v) is 5.21. The van der Waals surface area contributed by atoms with Crippen molar-refractivity contribution in [1.29, 1.82) is 0 Å². The van der Waals surface area contributed by atoms with Gasteiger partial charge in [0.25, 0.3) is 0 Å². The molecule has 0 aromatic carbocycles. The van der Waals surface area contributed by atoms with Crippen molar-refractivity contribution in [2.45, 2.75) is 40.5 Å². The Bertz CT molecular complexity index is 257. The smallest absolute Gasteiger partial charge is 0.0897 e. The molecule has 1 unspecified atom stereocenters. The summed E-state index contributed by atoms with van der Waals surface area (Å²) in [7, 11) is 0. The van der Waals surface area contributed by atoms with Gasteiger partial charge < -0.3 is 0 Å². The first-order chi connectivity index (χ1) is 5.41. The molecule has 0 spiro atoms. The molecule has 1 heterocycles. The fraction of sp³-hybridized carbons (Fsp3) is 0.700. The molecule has 1 atom stereocenters. The molecule has 0 aliphatic carbocycles. The lowest BCUT2D eigenvalue weighted by Gasteiger charge is -2.25. The first kappa shape index (κ1) is 9.72. The first-order valence-electron chi connectivity index (χ1n) is 4.33. The summed E-state index contributed by atoms with van der Waals surface area (Å²) in [4.78, 5) is 4.50. The Morgan fingerprint density at radius 2 is 2.00 bits per heavy atom. The van der Waals surface area contributed by atoms with E-state index in [0.717, 1.165) is 0 Å². The van der Waals surface area contributed by atoms with Crippen LogP contribution < -0.4 is 0 Å². The number of aromatic nitrogens is 1. The van der Waals surface area contributed by atoms with Crippen molar-refractivity contribution < 1.29 is 0 Å². The lowest BCUT2D eigenvalue weighted by molar-refractivity contribution is 0.335. The molecule has 12 heavy (non-hydrogen) atoms. The van der Waals surface area contributed by atoms with Crippen molar-refractivity contribution in [2.24, 2.45) is 5.41 Å². The van der Waals surface area contributed by atoms with Crippen LogP contribution in [-0.4, -0.2) is 4.98 Å². The highest BCUT2D eigenvalue weighted by molar-refractivity contribution is 7.09. The Morgan fingerprint density at radius 1 is 1.42 bits per heavy atom. The van der Waals surface area contributed by atoms with Gasteiger partial charge in [-0.2, -0.15) is 0 Å².